The van der Waals surface area contributed by atoms with E-state index >= 15 is 0 Å². The number of non-ortho nitro benzene ring substituents is 1. The Labute approximate surface area is 173 Å². The lowest BCUT2D eigenvalue weighted by Gasteiger charge is -2.08. The molecule has 1 aromatic heterocycles. The van der Waals surface area contributed by atoms with Crippen LogP contribution < -0.4 is 5.32 Å². The number of nitro benzene ring substituents is 1. The van der Waals surface area contributed by atoms with Crippen molar-refractivity contribution in [1.82, 2.24) is 15.2 Å². The van der Waals surface area contributed by atoms with Gasteiger partial charge in [0, 0.05) is 17.7 Å². The number of rotatable bonds is 6. The molecule has 144 valence electrons. The minimum atomic E-state index is -0.617. The second-order valence-corrected chi connectivity index (χ2v) is 7.47. The lowest BCUT2D eigenvalue weighted by Crippen LogP contribution is -2.15. The molecule has 0 spiro atoms. The molecule has 0 aliphatic carbocycles. The Morgan fingerprint density at radius 3 is 2.64 bits per heavy atom. The Morgan fingerprint density at radius 2 is 2.00 bits per heavy atom. The van der Waals surface area contributed by atoms with Crippen LogP contribution in [0.5, 0.6) is 0 Å². The number of nitrogens with zero attached hydrogens (tertiary/aromatic N) is 3. The second-order valence-electron chi connectivity index (χ2n) is 5.71. The summed E-state index contributed by atoms with van der Waals surface area (Å²) in [6.07, 6.45) is 0. The molecule has 3 aromatic rings. The van der Waals surface area contributed by atoms with E-state index in [9.17, 15) is 14.9 Å². The quantitative estimate of drug-likeness (QED) is 0.327. The average molecular weight is 438 g/mol. The van der Waals surface area contributed by atoms with E-state index in [0.29, 0.717) is 11.0 Å². The van der Waals surface area contributed by atoms with E-state index in [0.717, 1.165) is 35.0 Å². The van der Waals surface area contributed by atoms with Crippen molar-refractivity contribution in [2.45, 2.75) is 12.1 Å². The lowest BCUT2D eigenvalue weighted by atomic mass is 10.1. The maximum absolute atomic E-state index is 12.2. The normalized spacial score (nSPS) is 10.7. The topological polar surface area (TPSA) is 114 Å². The number of halogens is 2. The number of aryl methyl sites for hydroxylation is 1. The summed E-state index contributed by atoms with van der Waals surface area (Å²) in [5.41, 5.74) is 1.86. The minimum absolute atomic E-state index is 0.00869. The van der Waals surface area contributed by atoms with Crippen LogP contribution in [0.3, 0.4) is 0 Å². The maximum atomic E-state index is 12.2. The first-order valence-electron chi connectivity index (χ1n) is 7.89. The first-order valence-corrected chi connectivity index (χ1v) is 9.63. The minimum Gasteiger partial charge on any atom is -0.323 e. The number of amides is 1. The van der Waals surface area contributed by atoms with Crippen LogP contribution >= 0.6 is 35.0 Å². The molecule has 0 saturated carbocycles. The van der Waals surface area contributed by atoms with Crippen LogP contribution in [0, 0.1) is 17.0 Å². The van der Waals surface area contributed by atoms with Gasteiger partial charge in [0.2, 0.25) is 11.1 Å². The number of carbonyl (C=O) groups excluding carboxylic acids is 1. The standard InChI is InChI=1S/C17H13Cl2N5O3S/c1-9-3-2-4-10(5-9)16-21-17(23-22-16)28-8-14(25)20-15-12(18)6-11(24(26)27)7-13(15)19/h2-7H,8H2,1H3,(H,20,25)(H,21,22,23). The number of anilines is 1. The summed E-state index contributed by atoms with van der Waals surface area (Å²) in [7, 11) is 0. The molecule has 0 aliphatic rings. The molecule has 8 nitrogen and oxygen atoms in total. The molecule has 11 heteroatoms. The number of nitrogens with one attached hydrogen (secondary N) is 2. The van der Waals surface area contributed by atoms with E-state index in [1.54, 1.807) is 0 Å². The van der Waals surface area contributed by atoms with Gasteiger partial charge in [-0.15, -0.1) is 5.10 Å². The van der Waals surface area contributed by atoms with Crippen molar-refractivity contribution in [1.29, 1.82) is 0 Å². The highest BCUT2D eigenvalue weighted by Crippen LogP contribution is 2.34. The van der Waals surface area contributed by atoms with Crippen LogP contribution in [0.1, 0.15) is 5.56 Å². The molecule has 0 saturated heterocycles. The third-order valence-electron chi connectivity index (χ3n) is 3.59. The molecule has 0 unspecified atom stereocenters. The number of hydrogen-bond donors (Lipinski definition) is 2. The number of aromatic nitrogens is 3. The van der Waals surface area contributed by atoms with Gasteiger partial charge in [-0.1, -0.05) is 58.7 Å². The van der Waals surface area contributed by atoms with Crippen LogP contribution in [0.25, 0.3) is 11.4 Å². The zero-order valence-corrected chi connectivity index (χ0v) is 16.7. The molecule has 28 heavy (non-hydrogen) atoms. The smallest absolute Gasteiger partial charge is 0.272 e. The number of benzene rings is 2. The van der Waals surface area contributed by atoms with Gasteiger partial charge in [0.1, 0.15) is 0 Å². The second kappa shape index (κ2) is 8.59. The van der Waals surface area contributed by atoms with Crippen molar-refractivity contribution >= 4 is 52.2 Å². The molecule has 0 radical (unpaired) electrons. The Kier molecular flexibility index (Phi) is 6.18. The fourth-order valence-electron chi connectivity index (χ4n) is 2.32. The highest BCUT2D eigenvalue weighted by Gasteiger charge is 2.17. The molecule has 2 aromatic carbocycles. The largest absolute Gasteiger partial charge is 0.323 e. The van der Waals surface area contributed by atoms with Crippen molar-refractivity contribution in [3.05, 3.63) is 62.1 Å². The average Bonchev–Trinajstić information content (AvgIpc) is 3.12. The first-order chi connectivity index (χ1) is 13.3. The van der Waals surface area contributed by atoms with Gasteiger partial charge >= 0.3 is 0 Å². The number of H-pyrrole nitrogens is 1. The predicted octanol–water partition coefficient (Wildman–Crippen LogP) is 4.73. The van der Waals surface area contributed by atoms with Gasteiger partial charge in [0.25, 0.3) is 5.69 Å². The van der Waals surface area contributed by atoms with Crippen LogP contribution in [0.2, 0.25) is 10.0 Å². The summed E-state index contributed by atoms with van der Waals surface area (Å²) in [6, 6.07) is 10.0. The Hall–Kier alpha value is -2.62. The van der Waals surface area contributed by atoms with E-state index in [4.69, 9.17) is 23.2 Å². The Balaban J connectivity index is 1.63. The monoisotopic (exact) mass is 437 g/mol. The number of aromatic amines is 1. The van der Waals surface area contributed by atoms with Crippen molar-refractivity contribution < 1.29 is 9.72 Å². The molecule has 0 bridgehead atoms. The van der Waals surface area contributed by atoms with E-state index in [2.05, 4.69) is 20.5 Å². The number of carbonyl (C=O) groups is 1. The van der Waals surface area contributed by atoms with Gasteiger partial charge in [-0.2, -0.15) is 0 Å². The van der Waals surface area contributed by atoms with Crippen LogP contribution in [-0.2, 0) is 4.79 Å². The SMILES string of the molecule is Cc1cccc(-c2nc(SCC(=O)Nc3c(Cl)cc([N+](=O)[O-])cc3Cl)n[nH]2)c1. The van der Waals surface area contributed by atoms with Gasteiger partial charge in [-0.05, 0) is 13.0 Å². The van der Waals surface area contributed by atoms with Crippen molar-refractivity contribution in [2.75, 3.05) is 11.1 Å². The highest BCUT2D eigenvalue weighted by molar-refractivity contribution is 7.99. The summed E-state index contributed by atoms with van der Waals surface area (Å²) < 4.78 is 0. The highest BCUT2D eigenvalue weighted by atomic mass is 35.5. The predicted molar refractivity (Wildman–Crippen MR) is 109 cm³/mol. The van der Waals surface area contributed by atoms with Gasteiger partial charge in [-0.25, -0.2) is 4.98 Å². The summed E-state index contributed by atoms with van der Waals surface area (Å²) in [4.78, 5) is 26.7. The summed E-state index contributed by atoms with van der Waals surface area (Å²) >= 11 is 13.1. The van der Waals surface area contributed by atoms with Crippen LogP contribution in [0.15, 0.2) is 41.6 Å². The van der Waals surface area contributed by atoms with Crippen molar-refractivity contribution in [2.24, 2.45) is 0 Å². The zero-order chi connectivity index (χ0) is 20.3. The van der Waals surface area contributed by atoms with E-state index < -0.39 is 10.8 Å². The third-order valence-corrected chi connectivity index (χ3v) is 5.03. The van der Waals surface area contributed by atoms with Gasteiger partial charge in [0.15, 0.2) is 5.82 Å². The summed E-state index contributed by atoms with van der Waals surface area (Å²) in [6.45, 7) is 1.98. The third kappa shape index (κ3) is 4.80. The molecule has 3 rings (SSSR count). The molecule has 1 heterocycles. The molecular formula is C17H13Cl2N5O3S. The van der Waals surface area contributed by atoms with E-state index in [1.807, 2.05) is 31.2 Å². The maximum Gasteiger partial charge on any atom is 0.272 e. The fraction of sp³-hybridized carbons (Fsp3) is 0.118. The van der Waals surface area contributed by atoms with Gasteiger partial charge < -0.3 is 5.32 Å². The Morgan fingerprint density at radius 1 is 1.29 bits per heavy atom. The zero-order valence-electron chi connectivity index (χ0n) is 14.4. The Bertz CT molecular complexity index is 1030. The number of thioether (sulfide) groups is 1. The lowest BCUT2D eigenvalue weighted by molar-refractivity contribution is -0.384. The fourth-order valence-corrected chi connectivity index (χ4v) is 3.49. The molecule has 0 atom stereocenters. The summed E-state index contributed by atoms with van der Waals surface area (Å²) in [5.74, 6) is 0.215. The number of hydrogen-bond acceptors (Lipinski definition) is 6. The molecular weight excluding hydrogens is 425 g/mol. The van der Waals surface area contributed by atoms with E-state index in [1.165, 1.54) is 0 Å². The van der Waals surface area contributed by atoms with Crippen molar-refractivity contribution in [3.8, 4) is 11.4 Å². The molecule has 0 aliphatic heterocycles. The van der Waals surface area contributed by atoms with Crippen LogP contribution in [0.4, 0.5) is 11.4 Å². The van der Waals surface area contributed by atoms with Gasteiger partial charge in [-0.3, -0.25) is 20.0 Å². The molecule has 1 amide bonds. The number of nitro groups is 1. The van der Waals surface area contributed by atoms with E-state index in [-0.39, 0.29) is 27.2 Å². The molecule has 2 N–H and O–H groups in total. The first kappa shape index (κ1) is 20.1. The molecule has 0 fully saturated rings. The summed E-state index contributed by atoms with van der Waals surface area (Å²) in [5, 5.41) is 20.7. The van der Waals surface area contributed by atoms with Gasteiger partial charge in [0.05, 0.1) is 26.4 Å². The van der Waals surface area contributed by atoms with Crippen LogP contribution in [-0.4, -0.2) is 31.8 Å². The van der Waals surface area contributed by atoms with Crippen molar-refractivity contribution in [3.63, 3.8) is 0 Å².